The smallest absolute Gasteiger partial charge is 0.319 e. The first-order valence-corrected chi connectivity index (χ1v) is 13.4. The summed E-state index contributed by atoms with van der Waals surface area (Å²) in [6, 6.07) is 8.43. The topological polar surface area (TPSA) is 111 Å². The fourth-order valence-corrected chi connectivity index (χ4v) is 5.28. The van der Waals surface area contributed by atoms with Crippen LogP contribution in [0, 0.1) is 34.1 Å². The van der Waals surface area contributed by atoms with Crippen molar-refractivity contribution in [2.24, 2.45) is 0 Å². The number of nitro groups is 1. The average Bonchev–Trinajstić information content (AvgIpc) is 2.95. The van der Waals surface area contributed by atoms with Gasteiger partial charge in [-0.2, -0.15) is 9.97 Å². The van der Waals surface area contributed by atoms with E-state index < -0.39 is 39.0 Å². The summed E-state index contributed by atoms with van der Waals surface area (Å²) in [6.45, 7) is 5.93. The molecule has 1 atom stereocenters. The van der Waals surface area contributed by atoms with Crippen LogP contribution in [0.4, 0.5) is 20.3 Å². The second kappa shape index (κ2) is 10.8. The number of halogens is 2. The van der Waals surface area contributed by atoms with Crippen molar-refractivity contribution >= 4 is 33.2 Å². The standard InChI is InChI=1S/C31H30F2N4O5/c1-6-19-22(32)12-11-18-9-7-10-20(24(18)19)25-23(37(39)40)15-21-27(26(25)33)34-29(42-17-30(2,3)41-5)35-28(21)36-14-8-13-31(4,38)16-36/h1,7,9-12,15,38H,8,13-14,16-17H2,2-5H3. The van der Waals surface area contributed by atoms with Gasteiger partial charge < -0.3 is 19.5 Å². The third kappa shape index (κ3) is 5.31. The number of fused-ring (bicyclic) bond motifs is 2. The number of nitro benzene ring substituents is 1. The second-order valence-electron chi connectivity index (χ2n) is 11.3. The molecule has 11 heteroatoms. The van der Waals surface area contributed by atoms with Crippen LogP contribution < -0.4 is 9.64 Å². The zero-order chi connectivity index (χ0) is 30.4. The fourth-order valence-electron chi connectivity index (χ4n) is 5.28. The van der Waals surface area contributed by atoms with E-state index in [2.05, 4.69) is 15.9 Å². The molecule has 2 heterocycles. The van der Waals surface area contributed by atoms with Gasteiger partial charge in [0.25, 0.3) is 5.69 Å². The molecule has 1 fully saturated rings. The average molecular weight is 577 g/mol. The van der Waals surface area contributed by atoms with Gasteiger partial charge >= 0.3 is 6.01 Å². The van der Waals surface area contributed by atoms with Gasteiger partial charge in [0.15, 0.2) is 5.82 Å². The third-order valence-corrected chi connectivity index (χ3v) is 7.55. The van der Waals surface area contributed by atoms with Crippen molar-refractivity contribution in [3.05, 3.63) is 63.7 Å². The molecule has 1 saturated heterocycles. The predicted octanol–water partition coefficient (Wildman–Crippen LogP) is 5.77. The van der Waals surface area contributed by atoms with Crippen molar-refractivity contribution in [2.45, 2.75) is 44.8 Å². The second-order valence-corrected chi connectivity index (χ2v) is 11.3. The van der Waals surface area contributed by atoms with Crippen LogP contribution in [0.1, 0.15) is 39.2 Å². The maximum Gasteiger partial charge on any atom is 0.319 e. The van der Waals surface area contributed by atoms with Gasteiger partial charge in [0.1, 0.15) is 23.8 Å². The molecule has 0 aliphatic carbocycles. The number of benzene rings is 3. The first kappa shape index (κ1) is 29.1. The van der Waals surface area contributed by atoms with Crippen LogP contribution in [0.5, 0.6) is 6.01 Å². The van der Waals surface area contributed by atoms with Gasteiger partial charge in [0.05, 0.1) is 32.6 Å². The van der Waals surface area contributed by atoms with Crippen LogP contribution in [0.15, 0.2) is 36.4 Å². The zero-order valence-electron chi connectivity index (χ0n) is 23.7. The van der Waals surface area contributed by atoms with Gasteiger partial charge in [-0.15, -0.1) is 6.42 Å². The summed E-state index contributed by atoms with van der Waals surface area (Å²) >= 11 is 0. The summed E-state index contributed by atoms with van der Waals surface area (Å²) in [5.41, 5.74) is -3.05. The summed E-state index contributed by atoms with van der Waals surface area (Å²) in [4.78, 5) is 22.3. The summed E-state index contributed by atoms with van der Waals surface area (Å²) in [6.07, 6.45) is 6.79. The molecule has 1 N–H and O–H groups in total. The van der Waals surface area contributed by atoms with E-state index in [4.69, 9.17) is 15.9 Å². The van der Waals surface area contributed by atoms with Crippen LogP contribution in [-0.4, -0.2) is 58.0 Å². The largest absolute Gasteiger partial charge is 0.460 e. The van der Waals surface area contributed by atoms with E-state index in [0.29, 0.717) is 24.8 Å². The quantitative estimate of drug-likeness (QED) is 0.168. The molecule has 0 amide bonds. The lowest BCUT2D eigenvalue weighted by Crippen LogP contribution is -2.46. The monoisotopic (exact) mass is 576 g/mol. The van der Waals surface area contributed by atoms with Crippen molar-refractivity contribution < 1.29 is 28.3 Å². The molecule has 1 aliphatic heterocycles. The highest BCUT2D eigenvalue weighted by Crippen LogP contribution is 2.44. The van der Waals surface area contributed by atoms with Crippen LogP contribution in [-0.2, 0) is 4.74 Å². The molecule has 5 rings (SSSR count). The van der Waals surface area contributed by atoms with Gasteiger partial charge in [-0.25, -0.2) is 8.78 Å². The lowest BCUT2D eigenvalue weighted by atomic mass is 9.92. The summed E-state index contributed by atoms with van der Waals surface area (Å²) in [5, 5.41) is 24.0. The van der Waals surface area contributed by atoms with E-state index >= 15 is 4.39 Å². The lowest BCUT2D eigenvalue weighted by molar-refractivity contribution is -0.384. The first-order chi connectivity index (χ1) is 19.9. The molecule has 218 valence electrons. The van der Waals surface area contributed by atoms with Crippen LogP contribution >= 0.6 is 0 Å². The minimum absolute atomic E-state index is 0.0295. The maximum absolute atomic E-state index is 16.8. The van der Waals surface area contributed by atoms with Crippen molar-refractivity contribution in [2.75, 3.05) is 31.7 Å². The fraction of sp³-hybridized carbons (Fsp3) is 0.355. The molecule has 1 unspecified atom stereocenters. The van der Waals surface area contributed by atoms with E-state index in [0.717, 1.165) is 0 Å². The van der Waals surface area contributed by atoms with E-state index in [1.807, 2.05) is 0 Å². The third-order valence-electron chi connectivity index (χ3n) is 7.55. The highest BCUT2D eigenvalue weighted by molar-refractivity contribution is 6.06. The van der Waals surface area contributed by atoms with Crippen molar-refractivity contribution in [1.82, 2.24) is 9.97 Å². The number of hydrogen-bond acceptors (Lipinski definition) is 8. The molecule has 0 radical (unpaired) electrons. The number of nitrogens with zero attached hydrogens (tertiary/aromatic N) is 4. The molecular weight excluding hydrogens is 546 g/mol. The number of methoxy groups -OCH3 is 1. The van der Waals surface area contributed by atoms with Gasteiger partial charge in [-0.1, -0.05) is 30.2 Å². The van der Waals surface area contributed by atoms with Crippen LogP contribution in [0.25, 0.3) is 32.8 Å². The summed E-state index contributed by atoms with van der Waals surface area (Å²) in [5.74, 6) is 0.770. The van der Waals surface area contributed by atoms with Crippen molar-refractivity contribution in [3.8, 4) is 29.5 Å². The number of anilines is 1. The molecule has 4 aromatic rings. The number of hydrogen-bond donors (Lipinski definition) is 1. The molecule has 0 spiro atoms. The van der Waals surface area contributed by atoms with Crippen molar-refractivity contribution in [3.63, 3.8) is 0 Å². The number of aliphatic hydroxyl groups is 1. The number of terminal acetylenes is 1. The Morgan fingerprint density at radius 1 is 1.26 bits per heavy atom. The Morgan fingerprint density at radius 3 is 2.69 bits per heavy atom. The van der Waals surface area contributed by atoms with E-state index in [-0.39, 0.29) is 52.4 Å². The minimum atomic E-state index is -1.06. The Hall–Kier alpha value is -4.40. The number of aromatic nitrogens is 2. The molecule has 0 bridgehead atoms. The van der Waals surface area contributed by atoms with E-state index in [9.17, 15) is 19.6 Å². The summed E-state index contributed by atoms with van der Waals surface area (Å²) < 4.78 is 42.8. The number of rotatable bonds is 7. The Labute approximate surface area is 241 Å². The molecule has 9 nitrogen and oxygen atoms in total. The Morgan fingerprint density at radius 2 is 2.02 bits per heavy atom. The molecule has 1 aliphatic rings. The normalized spacial score (nSPS) is 17.4. The van der Waals surface area contributed by atoms with Gasteiger partial charge in [0, 0.05) is 37.2 Å². The Kier molecular flexibility index (Phi) is 7.47. The highest BCUT2D eigenvalue weighted by Gasteiger charge is 2.33. The van der Waals surface area contributed by atoms with Gasteiger partial charge in [-0.05, 0) is 45.1 Å². The molecule has 42 heavy (non-hydrogen) atoms. The molecule has 1 aromatic heterocycles. The zero-order valence-corrected chi connectivity index (χ0v) is 23.7. The minimum Gasteiger partial charge on any atom is -0.460 e. The Balaban J connectivity index is 1.83. The van der Waals surface area contributed by atoms with Crippen LogP contribution in [0.3, 0.4) is 0 Å². The van der Waals surface area contributed by atoms with Crippen molar-refractivity contribution in [1.29, 1.82) is 0 Å². The lowest BCUT2D eigenvalue weighted by Gasteiger charge is -2.38. The summed E-state index contributed by atoms with van der Waals surface area (Å²) in [7, 11) is 1.52. The predicted molar refractivity (Wildman–Crippen MR) is 156 cm³/mol. The Bertz CT molecular complexity index is 1770. The maximum atomic E-state index is 16.8. The SMILES string of the molecule is C#Cc1c(F)ccc2cccc(-c3c([N+](=O)[O-])cc4c(N5CCCC(C)(O)C5)nc(OCC(C)(C)OC)nc4c3F)c12. The van der Waals surface area contributed by atoms with Gasteiger partial charge in [-0.3, -0.25) is 10.1 Å². The number of ether oxygens (including phenoxy) is 2. The highest BCUT2D eigenvalue weighted by atomic mass is 19.1. The number of piperidine rings is 1. The van der Waals surface area contributed by atoms with Crippen LogP contribution in [0.2, 0.25) is 0 Å². The van der Waals surface area contributed by atoms with E-state index in [1.54, 1.807) is 37.8 Å². The van der Waals surface area contributed by atoms with Gasteiger partial charge in [0.2, 0.25) is 0 Å². The first-order valence-electron chi connectivity index (χ1n) is 13.4. The number of β-amino-alcohol motifs (C(OH)–C–C–N with tert-alkyl or cyclic N) is 1. The van der Waals surface area contributed by atoms with E-state index in [1.165, 1.54) is 31.4 Å². The molecule has 3 aromatic carbocycles. The molecule has 0 saturated carbocycles. The molecular formula is C31H30F2N4O5.